The second-order valence-electron chi connectivity index (χ2n) is 4.30. The van der Waals surface area contributed by atoms with Crippen LogP contribution in [0.15, 0.2) is 42.5 Å². The number of halogens is 3. The van der Waals surface area contributed by atoms with Crippen LogP contribution in [0.2, 0.25) is 0 Å². The van der Waals surface area contributed by atoms with Crippen LogP contribution in [0.25, 0.3) is 11.1 Å². The lowest BCUT2D eigenvalue weighted by atomic mass is 10.0. The van der Waals surface area contributed by atoms with Gasteiger partial charge < -0.3 is 9.84 Å². The maximum Gasteiger partial charge on any atom is 0.416 e. The van der Waals surface area contributed by atoms with Crippen LogP contribution >= 0.6 is 0 Å². The number of carboxylic acid groups (broad SMARTS) is 1. The minimum absolute atomic E-state index is 0.0479. The number of methoxy groups -OCH3 is 1. The molecule has 21 heavy (non-hydrogen) atoms. The molecule has 110 valence electrons. The van der Waals surface area contributed by atoms with Gasteiger partial charge in [0.1, 0.15) is 11.3 Å². The van der Waals surface area contributed by atoms with Crippen molar-refractivity contribution in [3.05, 3.63) is 53.6 Å². The summed E-state index contributed by atoms with van der Waals surface area (Å²) in [4.78, 5) is 11.0. The lowest BCUT2D eigenvalue weighted by molar-refractivity contribution is -0.137. The first kappa shape index (κ1) is 14.9. The van der Waals surface area contributed by atoms with Crippen LogP contribution in [0, 0.1) is 0 Å². The zero-order chi connectivity index (χ0) is 15.6. The third-order valence-corrected chi connectivity index (χ3v) is 2.96. The van der Waals surface area contributed by atoms with Crippen LogP contribution in [-0.4, -0.2) is 18.2 Å². The largest absolute Gasteiger partial charge is 0.496 e. The van der Waals surface area contributed by atoms with Gasteiger partial charge in [0.25, 0.3) is 0 Å². The Bertz CT molecular complexity index is 678. The van der Waals surface area contributed by atoms with E-state index in [1.54, 1.807) is 0 Å². The molecule has 0 unspecified atom stereocenters. The molecule has 0 atom stereocenters. The van der Waals surface area contributed by atoms with Gasteiger partial charge in [0.15, 0.2) is 0 Å². The molecule has 0 radical (unpaired) electrons. The van der Waals surface area contributed by atoms with Gasteiger partial charge in [0.2, 0.25) is 0 Å². The molecule has 0 spiro atoms. The first-order chi connectivity index (χ1) is 9.82. The average molecular weight is 296 g/mol. The zero-order valence-electron chi connectivity index (χ0n) is 10.9. The van der Waals surface area contributed by atoms with E-state index in [1.165, 1.54) is 37.4 Å². The molecule has 2 rings (SSSR count). The second kappa shape index (κ2) is 5.47. The zero-order valence-corrected chi connectivity index (χ0v) is 10.9. The summed E-state index contributed by atoms with van der Waals surface area (Å²) in [6, 6.07) is 8.96. The van der Waals surface area contributed by atoms with E-state index in [9.17, 15) is 18.0 Å². The Morgan fingerprint density at radius 3 is 2.33 bits per heavy atom. The fourth-order valence-electron chi connectivity index (χ4n) is 1.92. The molecule has 2 aromatic carbocycles. The smallest absolute Gasteiger partial charge is 0.416 e. The van der Waals surface area contributed by atoms with Crippen molar-refractivity contribution >= 4 is 5.97 Å². The maximum atomic E-state index is 12.7. The predicted molar refractivity (Wildman–Crippen MR) is 70.4 cm³/mol. The fraction of sp³-hybridized carbons (Fsp3) is 0.133. The number of aromatic carboxylic acids is 1. The number of benzene rings is 2. The highest BCUT2D eigenvalue weighted by atomic mass is 19.4. The van der Waals surface area contributed by atoms with E-state index in [4.69, 9.17) is 9.84 Å². The summed E-state index contributed by atoms with van der Waals surface area (Å²) in [7, 11) is 1.30. The van der Waals surface area contributed by atoms with Gasteiger partial charge in [0.05, 0.1) is 12.7 Å². The predicted octanol–water partition coefficient (Wildman–Crippen LogP) is 4.08. The first-order valence-corrected chi connectivity index (χ1v) is 5.92. The summed E-state index contributed by atoms with van der Waals surface area (Å²) in [6.45, 7) is 0. The molecule has 0 bridgehead atoms. The van der Waals surface area contributed by atoms with Crippen molar-refractivity contribution in [2.24, 2.45) is 0 Å². The van der Waals surface area contributed by atoms with Crippen LogP contribution in [-0.2, 0) is 6.18 Å². The Kier molecular flexibility index (Phi) is 3.88. The molecule has 0 saturated carbocycles. The fourth-order valence-corrected chi connectivity index (χ4v) is 1.92. The summed E-state index contributed by atoms with van der Waals surface area (Å²) in [6.07, 6.45) is -4.43. The molecule has 0 aliphatic carbocycles. The number of alkyl halides is 3. The average Bonchev–Trinajstić information content (AvgIpc) is 2.45. The van der Waals surface area contributed by atoms with E-state index >= 15 is 0 Å². The quantitative estimate of drug-likeness (QED) is 0.928. The number of hydrogen-bond donors (Lipinski definition) is 1. The van der Waals surface area contributed by atoms with Crippen LogP contribution in [0.4, 0.5) is 13.2 Å². The van der Waals surface area contributed by atoms with Gasteiger partial charge in [-0.15, -0.1) is 0 Å². The Labute approximate surface area is 118 Å². The van der Waals surface area contributed by atoms with E-state index in [-0.39, 0.29) is 11.3 Å². The van der Waals surface area contributed by atoms with Gasteiger partial charge in [-0.1, -0.05) is 18.2 Å². The topological polar surface area (TPSA) is 46.5 Å². The molecule has 0 aliphatic heterocycles. The third kappa shape index (κ3) is 3.16. The van der Waals surface area contributed by atoms with E-state index in [0.29, 0.717) is 11.1 Å². The van der Waals surface area contributed by atoms with Crippen molar-refractivity contribution in [1.29, 1.82) is 0 Å². The van der Waals surface area contributed by atoms with Crippen LogP contribution in [0.1, 0.15) is 15.9 Å². The molecule has 0 fully saturated rings. The Morgan fingerprint density at radius 1 is 1.10 bits per heavy atom. The number of ether oxygens (including phenoxy) is 1. The molecule has 2 aromatic rings. The number of rotatable bonds is 3. The van der Waals surface area contributed by atoms with E-state index < -0.39 is 17.7 Å². The second-order valence-corrected chi connectivity index (χ2v) is 4.30. The molecular formula is C15H11F3O3. The van der Waals surface area contributed by atoms with Crippen molar-refractivity contribution in [2.75, 3.05) is 7.11 Å². The molecule has 0 heterocycles. The highest BCUT2D eigenvalue weighted by Gasteiger charge is 2.30. The molecule has 6 heteroatoms. The summed E-state index contributed by atoms with van der Waals surface area (Å²) in [5.41, 5.74) is -0.0301. The van der Waals surface area contributed by atoms with Gasteiger partial charge in [-0.2, -0.15) is 13.2 Å². The van der Waals surface area contributed by atoms with Crippen molar-refractivity contribution in [3.63, 3.8) is 0 Å². The number of hydrogen-bond acceptors (Lipinski definition) is 2. The first-order valence-electron chi connectivity index (χ1n) is 5.92. The minimum atomic E-state index is -4.43. The van der Waals surface area contributed by atoms with Crippen molar-refractivity contribution < 1.29 is 27.8 Å². The lowest BCUT2D eigenvalue weighted by Gasteiger charge is -2.11. The lowest BCUT2D eigenvalue weighted by Crippen LogP contribution is -2.04. The van der Waals surface area contributed by atoms with Gasteiger partial charge in [-0.3, -0.25) is 0 Å². The molecule has 0 amide bonds. The Morgan fingerprint density at radius 2 is 1.76 bits per heavy atom. The maximum absolute atomic E-state index is 12.7. The Hall–Kier alpha value is -2.50. The van der Waals surface area contributed by atoms with Crippen molar-refractivity contribution in [1.82, 2.24) is 0 Å². The summed E-state index contributed by atoms with van der Waals surface area (Å²) < 4.78 is 43.1. The number of carbonyl (C=O) groups is 1. The van der Waals surface area contributed by atoms with E-state index in [0.717, 1.165) is 12.1 Å². The molecule has 0 saturated heterocycles. The molecule has 0 aromatic heterocycles. The molecule has 3 nitrogen and oxygen atoms in total. The normalized spacial score (nSPS) is 11.2. The van der Waals surface area contributed by atoms with E-state index in [2.05, 4.69) is 0 Å². The van der Waals surface area contributed by atoms with E-state index in [1.807, 2.05) is 0 Å². The van der Waals surface area contributed by atoms with Crippen molar-refractivity contribution in [3.8, 4) is 16.9 Å². The SMILES string of the molecule is COc1cc(-c2cccc(C(F)(F)F)c2)ccc1C(=O)O. The van der Waals surface area contributed by atoms with Gasteiger partial charge in [-0.05, 0) is 35.4 Å². The standard InChI is InChI=1S/C15H11F3O3/c1-21-13-8-10(5-6-12(13)14(19)20)9-3-2-4-11(7-9)15(16,17)18/h2-8H,1H3,(H,19,20). The van der Waals surface area contributed by atoms with Crippen LogP contribution in [0.3, 0.4) is 0 Å². The highest BCUT2D eigenvalue weighted by molar-refractivity contribution is 5.92. The van der Waals surface area contributed by atoms with Crippen molar-refractivity contribution in [2.45, 2.75) is 6.18 Å². The van der Waals surface area contributed by atoms with Gasteiger partial charge >= 0.3 is 12.1 Å². The minimum Gasteiger partial charge on any atom is -0.496 e. The molecule has 0 aliphatic rings. The monoisotopic (exact) mass is 296 g/mol. The summed E-state index contributed by atoms with van der Waals surface area (Å²) in [5.74, 6) is -1.07. The van der Waals surface area contributed by atoms with Crippen LogP contribution in [0.5, 0.6) is 5.75 Å². The highest BCUT2D eigenvalue weighted by Crippen LogP contribution is 2.33. The Balaban J connectivity index is 2.50. The summed E-state index contributed by atoms with van der Waals surface area (Å²) in [5, 5.41) is 8.98. The third-order valence-electron chi connectivity index (χ3n) is 2.96. The van der Waals surface area contributed by atoms with Gasteiger partial charge in [-0.25, -0.2) is 4.79 Å². The molecule has 1 N–H and O–H groups in total. The van der Waals surface area contributed by atoms with Gasteiger partial charge in [0, 0.05) is 0 Å². The molecular weight excluding hydrogens is 285 g/mol. The van der Waals surface area contributed by atoms with Crippen LogP contribution < -0.4 is 4.74 Å². The summed E-state index contributed by atoms with van der Waals surface area (Å²) >= 11 is 0. The number of carboxylic acids is 1.